The van der Waals surface area contributed by atoms with Crippen molar-refractivity contribution in [3.05, 3.63) is 0 Å². The molecule has 8 nitrogen and oxygen atoms in total. The second-order valence-corrected chi connectivity index (χ2v) is 6.39. The van der Waals surface area contributed by atoms with Crippen molar-refractivity contribution in [2.24, 2.45) is 5.41 Å². The molecule has 0 aromatic heterocycles. The van der Waals surface area contributed by atoms with E-state index in [0.717, 1.165) is 0 Å². The Morgan fingerprint density at radius 3 is 1.35 bits per heavy atom. The fourth-order valence-corrected chi connectivity index (χ4v) is 2.12. The number of aliphatic hydroxyl groups excluding tert-OH is 3. The van der Waals surface area contributed by atoms with Gasteiger partial charge in [-0.1, -0.05) is 0 Å². The molecule has 0 saturated heterocycles. The van der Waals surface area contributed by atoms with Crippen LogP contribution in [0.2, 0.25) is 0 Å². The van der Waals surface area contributed by atoms with Crippen molar-refractivity contribution in [3.8, 4) is 0 Å². The number of rotatable bonds is 20. The Bertz CT molecular complexity index is 293. The van der Waals surface area contributed by atoms with Gasteiger partial charge in [0.05, 0.1) is 38.4 Å². The normalized spacial score (nSPS) is 11.8. The van der Waals surface area contributed by atoms with Gasteiger partial charge in [-0.25, -0.2) is 0 Å². The van der Waals surface area contributed by atoms with Crippen molar-refractivity contribution >= 4 is 5.78 Å². The highest BCUT2D eigenvalue weighted by Gasteiger charge is 2.32. The summed E-state index contributed by atoms with van der Waals surface area (Å²) >= 11 is 0. The van der Waals surface area contributed by atoms with Crippen LogP contribution in [0.3, 0.4) is 0 Å². The summed E-state index contributed by atoms with van der Waals surface area (Å²) in [4.78, 5) is 11.1. The zero-order chi connectivity index (χ0) is 19.5. The second kappa shape index (κ2) is 17.8. The maximum absolute atomic E-state index is 11.1. The Morgan fingerprint density at radius 1 is 0.692 bits per heavy atom. The highest BCUT2D eigenvalue weighted by molar-refractivity contribution is 5.75. The van der Waals surface area contributed by atoms with Gasteiger partial charge >= 0.3 is 0 Å². The van der Waals surface area contributed by atoms with Gasteiger partial charge in [0.1, 0.15) is 5.78 Å². The quantitative estimate of drug-likeness (QED) is 0.256. The molecular weight excluding hydrogens is 344 g/mol. The van der Waals surface area contributed by atoms with Gasteiger partial charge in [-0.05, 0) is 26.2 Å². The number of ketones is 1. The fraction of sp³-hybridized carbons (Fsp3) is 0.944. The maximum Gasteiger partial charge on any atom is 0.132 e. The zero-order valence-corrected chi connectivity index (χ0v) is 16.0. The van der Waals surface area contributed by atoms with Crippen LogP contribution in [0.15, 0.2) is 0 Å². The van der Waals surface area contributed by atoms with Crippen LogP contribution >= 0.6 is 0 Å². The third-order valence-electron chi connectivity index (χ3n) is 3.57. The summed E-state index contributed by atoms with van der Waals surface area (Å²) in [5.74, 6) is 0.0631. The molecular formula is C18H36O8. The van der Waals surface area contributed by atoms with Gasteiger partial charge in [0.25, 0.3) is 0 Å². The minimum absolute atomic E-state index is 0.0577. The van der Waals surface area contributed by atoms with E-state index in [0.29, 0.717) is 78.5 Å². The fourth-order valence-electron chi connectivity index (χ4n) is 2.12. The number of hydrogen-bond donors (Lipinski definition) is 3. The number of Topliss-reactive ketones (excluding diaryl/α,β-unsaturated/α-hetero) is 1. The third-order valence-corrected chi connectivity index (χ3v) is 3.57. The maximum atomic E-state index is 11.1. The van der Waals surface area contributed by atoms with E-state index in [1.54, 1.807) is 0 Å². The Kier molecular flexibility index (Phi) is 17.4. The first-order chi connectivity index (χ1) is 12.6. The molecule has 0 bridgehead atoms. The van der Waals surface area contributed by atoms with Gasteiger partial charge in [-0.2, -0.15) is 0 Å². The molecule has 0 aromatic carbocycles. The summed E-state index contributed by atoms with van der Waals surface area (Å²) in [6.07, 6.45) is 1.96. The highest BCUT2D eigenvalue weighted by atomic mass is 16.5. The number of ether oxygens (including phenoxy) is 4. The molecule has 0 unspecified atom stereocenters. The van der Waals surface area contributed by atoms with Crippen molar-refractivity contribution in [2.75, 3.05) is 72.7 Å². The smallest absolute Gasteiger partial charge is 0.132 e. The van der Waals surface area contributed by atoms with E-state index >= 15 is 0 Å². The van der Waals surface area contributed by atoms with Crippen LogP contribution in [-0.2, 0) is 23.7 Å². The van der Waals surface area contributed by atoms with Gasteiger partial charge in [0.15, 0.2) is 0 Å². The number of carbonyl (C=O) groups excluding carboxylic acids is 1. The predicted octanol–water partition coefficient (Wildman–Crippen LogP) is 0.166. The largest absolute Gasteiger partial charge is 0.396 e. The SMILES string of the molecule is CC(=O)CCOCC(COCCCO)(COCCCO)COCCCO. The van der Waals surface area contributed by atoms with Crippen LogP contribution in [0.25, 0.3) is 0 Å². The van der Waals surface area contributed by atoms with Crippen molar-refractivity contribution in [3.63, 3.8) is 0 Å². The van der Waals surface area contributed by atoms with Gasteiger partial charge in [0.2, 0.25) is 0 Å². The van der Waals surface area contributed by atoms with E-state index in [-0.39, 0.29) is 25.6 Å². The summed E-state index contributed by atoms with van der Waals surface area (Å²) in [7, 11) is 0. The molecule has 0 radical (unpaired) electrons. The molecule has 8 heteroatoms. The van der Waals surface area contributed by atoms with E-state index in [4.69, 9.17) is 34.3 Å². The Morgan fingerprint density at radius 2 is 1.04 bits per heavy atom. The van der Waals surface area contributed by atoms with Crippen LogP contribution < -0.4 is 0 Å². The van der Waals surface area contributed by atoms with Crippen molar-refractivity contribution < 1.29 is 39.1 Å². The molecule has 0 atom stereocenters. The lowest BCUT2D eigenvalue weighted by Gasteiger charge is -2.33. The lowest BCUT2D eigenvalue weighted by atomic mass is 9.92. The average molecular weight is 380 g/mol. The molecule has 3 N–H and O–H groups in total. The van der Waals surface area contributed by atoms with E-state index in [2.05, 4.69) is 0 Å². The first-order valence-corrected chi connectivity index (χ1v) is 9.23. The minimum atomic E-state index is -0.558. The third kappa shape index (κ3) is 14.5. The Balaban J connectivity index is 4.70. The standard InChI is InChI=1S/C18H36O8/c1-17(22)5-12-26-16-18(13-23-9-2-6-19,14-24-10-3-7-20)15-25-11-4-8-21/h19-21H,2-16H2,1H3. The van der Waals surface area contributed by atoms with E-state index in [1.807, 2.05) is 0 Å². The summed E-state index contributed by atoms with van der Waals surface area (Å²) in [6.45, 7) is 4.54. The number of hydrogen-bond acceptors (Lipinski definition) is 8. The lowest BCUT2D eigenvalue weighted by Crippen LogP contribution is -2.42. The Labute approximate surface area is 156 Å². The molecule has 0 saturated carbocycles. The average Bonchev–Trinajstić information content (AvgIpc) is 2.63. The summed E-state index contributed by atoms with van der Waals surface area (Å²) in [5.41, 5.74) is -0.558. The summed E-state index contributed by atoms with van der Waals surface area (Å²) < 4.78 is 22.7. The zero-order valence-electron chi connectivity index (χ0n) is 16.0. The molecule has 0 fully saturated rings. The van der Waals surface area contributed by atoms with E-state index in [9.17, 15) is 4.79 Å². The van der Waals surface area contributed by atoms with Crippen LogP contribution in [0.1, 0.15) is 32.6 Å². The van der Waals surface area contributed by atoms with Gasteiger partial charge in [-0.3, -0.25) is 4.79 Å². The Hall–Kier alpha value is -0.610. The predicted molar refractivity (Wildman–Crippen MR) is 96.1 cm³/mol. The molecule has 0 spiro atoms. The van der Waals surface area contributed by atoms with Crippen LogP contribution in [0, 0.1) is 5.41 Å². The summed E-state index contributed by atoms with van der Waals surface area (Å²) in [5, 5.41) is 26.7. The number of aliphatic hydroxyl groups is 3. The molecule has 26 heavy (non-hydrogen) atoms. The van der Waals surface area contributed by atoms with Gasteiger partial charge < -0.3 is 34.3 Å². The lowest BCUT2D eigenvalue weighted by molar-refractivity contribution is -0.121. The monoisotopic (exact) mass is 380 g/mol. The van der Waals surface area contributed by atoms with Crippen molar-refractivity contribution in [1.82, 2.24) is 0 Å². The molecule has 0 aromatic rings. The minimum Gasteiger partial charge on any atom is -0.396 e. The molecule has 0 aliphatic carbocycles. The first kappa shape index (κ1) is 25.4. The number of carbonyl (C=O) groups is 1. The van der Waals surface area contributed by atoms with Gasteiger partial charge in [-0.15, -0.1) is 0 Å². The van der Waals surface area contributed by atoms with E-state index in [1.165, 1.54) is 6.92 Å². The molecule has 0 aliphatic rings. The summed E-state index contributed by atoms with van der Waals surface area (Å²) in [6, 6.07) is 0. The highest BCUT2D eigenvalue weighted by Crippen LogP contribution is 2.21. The van der Waals surface area contributed by atoms with Crippen molar-refractivity contribution in [2.45, 2.75) is 32.6 Å². The topological polar surface area (TPSA) is 115 Å². The molecule has 0 rings (SSSR count). The van der Waals surface area contributed by atoms with Crippen LogP contribution in [0.5, 0.6) is 0 Å². The van der Waals surface area contributed by atoms with Crippen LogP contribution in [0.4, 0.5) is 0 Å². The second-order valence-electron chi connectivity index (χ2n) is 6.39. The van der Waals surface area contributed by atoms with Crippen LogP contribution in [-0.4, -0.2) is 93.8 Å². The first-order valence-electron chi connectivity index (χ1n) is 9.23. The molecule has 156 valence electrons. The van der Waals surface area contributed by atoms with Crippen molar-refractivity contribution in [1.29, 1.82) is 0 Å². The van der Waals surface area contributed by atoms with Gasteiger partial charge in [0, 0.05) is 46.1 Å². The molecule has 0 aliphatic heterocycles. The molecule has 0 amide bonds. The van der Waals surface area contributed by atoms with E-state index < -0.39 is 5.41 Å². The molecule has 0 heterocycles.